The summed E-state index contributed by atoms with van der Waals surface area (Å²) in [6.07, 6.45) is -5.84. The van der Waals surface area contributed by atoms with E-state index < -0.39 is 45.6 Å². The van der Waals surface area contributed by atoms with E-state index in [-0.39, 0.29) is 0 Å². The third-order valence-electron chi connectivity index (χ3n) is 3.67. The van der Waals surface area contributed by atoms with E-state index in [1.165, 1.54) is 0 Å². The van der Waals surface area contributed by atoms with Crippen LogP contribution in [-0.4, -0.2) is 66.1 Å². The molecule has 5 atom stereocenters. The quantitative estimate of drug-likeness (QED) is 0.514. The molecule has 0 aromatic rings. The maximum Gasteiger partial charge on any atom is 0.190 e. The molecule has 7 heteroatoms. The van der Waals surface area contributed by atoms with E-state index in [2.05, 4.69) is 0 Å². The fourth-order valence-electron chi connectivity index (χ4n) is 1.69. The second kappa shape index (κ2) is 5.95. The highest BCUT2D eigenvalue weighted by atomic mass is 28.4. The van der Waals surface area contributed by atoms with E-state index in [4.69, 9.17) is 14.3 Å². The zero-order chi connectivity index (χ0) is 14.1. The molecule has 1 aliphatic rings. The molecule has 0 aromatic heterocycles. The standard InChI is InChI=1S/C11H24O6Si/c1-6(2)18(3,4)17-10-9(14)8(13)7(5-12)16-11(10)15/h6-15H,5H2,1-4H3/t7-,8-,9+,10-,11+/m1/s1. The van der Waals surface area contributed by atoms with Crippen molar-refractivity contribution in [2.75, 3.05) is 6.61 Å². The van der Waals surface area contributed by atoms with Gasteiger partial charge in [0.05, 0.1) is 6.61 Å². The van der Waals surface area contributed by atoms with Gasteiger partial charge < -0.3 is 29.6 Å². The van der Waals surface area contributed by atoms with Crippen molar-refractivity contribution in [2.45, 2.75) is 63.2 Å². The SMILES string of the molecule is CC(C)[Si](C)(C)O[C@@H]1[C@@H](O)[C@H](O)[C@@H](CO)O[C@@H]1O. The van der Waals surface area contributed by atoms with Crippen molar-refractivity contribution in [3.05, 3.63) is 0 Å². The number of aliphatic hydroxyl groups is 4. The van der Waals surface area contributed by atoms with Gasteiger partial charge in [0.25, 0.3) is 0 Å². The molecule has 1 aliphatic heterocycles. The molecule has 0 aliphatic carbocycles. The van der Waals surface area contributed by atoms with E-state index in [9.17, 15) is 15.3 Å². The molecule has 1 rings (SSSR count). The Kier molecular flexibility index (Phi) is 5.30. The molecule has 0 bridgehead atoms. The third-order valence-corrected chi connectivity index (χ3v) is 7.33. The fraction of sp³-hybridized carbons (Fsp3) is 1.00. The second-order valence-corrected chi connectivity index (χ2v) is 10.2. The summed E-state index contributed by atoms with van der Waals surface area (Å²) in [5.74, 6) is 0. The topological polar surface area (TPSA) is 99.4 Å². The lowest BCUT2D eigenvalue weighted by molar-refractivity contribution is -0.282. The zero-order valence-corrected chi connectivity index (χ0v) is 12.3. The van der Waals surface area contributed by atoms with Crippen LogP contribution in [-0.2, 0) is 9.16 Å². The van der Waals surface area contributed by atoms with Crippen LogP contribution in [0.25, 0.3) is 0 Å². The van der Waals surface area contributed by atoms with Crippen molar-refractivity contribution in [1.29, 1.82) is 0 Å². The van der Waals surface area contributed by atoms with Crippen molar-refractivity contribution in [3.63, 3.8) is 0 Å². The Labute approximate surface area is 108 Å². The summed E-state index contributed by atoms with van der Waals surface area (Å²) in [4.78, 5) is 0. The molecule has 4 N–H and O–H groups in total. The van der Waals surface area contributed by atoms with E-state index in [0.717, 1.165) is 0 Å². The van der Waals surface area contributed by atoms with Crippen LogP contribution in [0, 0.1) is 0 Å². The van der Waals surface area contributed by atoms with Gasteiger partial charge in [-0.2, -0.15) is 0 Å². The lowest BCUT2D eigenvalue weighted by Crippen LogP contribution is -2.61. The number of aliphatic hydroxyl groups excluding tert-OH is 4. The molecule has 0 saturated carbocycles. The van der Waals surface area contributed by atoms with Crippen LogP contribution < -0.4 is 0 Å². The van der Waals surface area contributed by atoms with E-state index >= 15 is 0 Å². The first-order valence-corrected chi connectivity index (χ1v) is 9.17. The van der Waals surface area contributed by atoms with Gasteiger partial charge in [0.15, 0.2) is 14.6 Å². The summed E-state index contributed by atoms with van der Waals surface area (Å²) >= 11 is 0. The molecule has 18 heavy (non-hydrogen) atoms. The van der Waals surface area contributed by atoms with Crippen molar-refractivity contribution < 1.29 is 29.6 Å². The van der Waals surface area contributed by atoms with Crippen LogP contribution in [0.5, 0.6) is 0 Å². The van der Waals surface area contributed by atoms with Gasteiger partial charge in [-0.05, 0) is 18.6 Å². The number of hydrogen-bond donors (Lipinski definition) is 4. The summed E-state index contributed by atoms with van der Waals surface area (Å²) < 4.78 is 10.8. The Morgan fingerprint density at radius 2 is 1.72 bits per heavy atom. The zero-order valence-electron chi connectivity index (χ0n) is 11.3. The summed E-state index contributed by atoms with van der Waals surface area (Å²) in [6.45, 7) is 7.51. The largest absolute Gasteiger partial charge is 0.406 e. The van der Waals surface area contributed by atoms with Gasteiger partial charge in [0.2, 0.25) is 0 Å². The second-order valence-electron chi connectivity index (χ2n) is 5.57. The average Bonchev–Trinajstić information content (AvgIpc) is 2.29. The molecule has 108 valence electrons. The Hall–Kier alpha value is -0.0231. The first-order valence-electron chi connectivity index (χ1n) is 6.19. The molecular weight excluding hydrogens is 256 g/mol. The minimum atomic E-state index is -2.09. The Morgan fingerprint density at radius 1 is 1.17 bits per heavy atom. The third kappa shape index (κ3) is 3.30. The number of hydrogen-bond acceptors (Lipinski definition) is 6. The molecule has 0 aromatic carbocycles. The van der Waals surface area contributed by atoms with Crippen LogP contribution in [0.3, 0.4) is 0 Å². The van der Waals surface area contributed by atoms with Crippen LogP contribution in [0.1, 0.15) is 13.8 Å². The predicted molar refractivity (Wildman–Crippen MR) is 67.4 cm³/mol. The van der Waals surface area contributed by atoms with Gasteiger partial charge in [-0.25, -0.2) is 0 Å². The Bertz CT molecular complexity index is 272. The monoisotopic (exact) mass is 280 g/mol. The van der Waals surface area contributed by atoms with Gasteiger partial charge in [0.1, 0.15) is 24.4 Å². The Morgan fingerprint density at radius 3 is 2.17 bits per heavy atom. The van der Waals surface area contributed by atoms with Crippen molar-refractivity contribution >= 4 is 8.32 Å². The highest BCUT2D eigenvalue weighted by molar-refractivity contribution is 6.72. The summed E-state index contributed by atoms with van der Waals surface area (Å²) in [7, 11) is -2.09. The molecular formula is C11H24O6Si. The first kappa shape index (κ1) is 16.0. The number of rotatable bonds is 4. The highest BCUT2D eigenvalue weighted by Gasteiger charge is 2.46. The molecule has 0 spiro atoms. The Balaban J connectivity index is 2.77. The predicted octanol–water partition coefficient (Wildman–Crippen LogP) is -0.582. The molecule has 6 nitrogen and oxygen atoms in total. The normalized spacial score (nSPS) is 38.2. The molecule has 0 radical (unpaired) electrons. The lowest BCUT2D eigenvalue weighted by Gasteiger charge is -2.43. The van der Waals surface area contributed by atoms with Gasteiger partial charge >= 0.3 is 0 Å². The van der Waals surface area contributed by atoms with Crippen molar-refractivity contribution in [2.24, 2.45) is 0 Å². The molecule has 0 amide bonds. The average molecular weight is 280 g/mol. The van der Waals surface area contributed by atoms with Gasteiger partial charge in [0, 0.05) is 0 Å². The minimum Gasteiger partial charge on any atom is -0.406 e. The fourth-order valence-corrected chi connectivity index (χ4v) is 2.92. The summed E-state index contributed by atoms with van der Waals surface area (Å²) in [6, 6.07) is 0. The smallest absolute Gasteiger partial charge is 0.190 e. The van der Waals surface area contributed by atoms with Gasteiger partial charge in [-0.1, -0.05) is 13.8 Å². The van der Waals surface area contributed by atoms with Gasteiger partial charge in [-0.15, -0.1) is 0 Å². The number of ether oxygens (including phenoxy) is 1. The maximum absolute atomic E-state index is 9.95. The molecule has 1 fully saturated rings. The van der Waals surface area contributed by atoms with Crippen LogP contribution >= 0.6 is 0 Å². The van der Waals surface area contributed by atoms with Crippen LogP contribution in [0.4, 0.5) is 0 Å². The lowest BCUT2D eigenvalue weighted by atomic mass is 9.99. The molecule has 1 saturated heterocycles. The highest BCUT2D eigenvalue weighted by Crippen LogP contribution is 2.29. The van der Waals surface area contributed by atoms with Gasteiger partial charge in [-0.3, -0.25) is 0 Å². The summed E-state index contributed by atoms with van der Waals surface area (Å²) in [5.41, 5.74) is 0.296. The van der Waals surface area contributed by atoms with Crippen LogP contribution in [0.2, 0.25) is 18.6 Å². The van der Waals surface area contributed by atoms with E-state index in [1.54, 1.807) is 0 Å². The van der Waals surface area contributed by atoms with Crippen LogP contribution in [0.15, 0.2) is 0 Å². The summed E-state index contributed by atoms with van der Waals surface area (Å²) in [5, 5.41) is 38.5. The maximum atomic E-state index is 9.95. The van der Waals surface area contributed by atoms with Crippen molar-refractivity contribution in [1.82, 2.24) is 0 Å². The minimum absolute atomic E-state index is 0.296. The van der Waals surface area contributed by atoms with E-state index in [0.29, 0.717) is 5.54 Å². The van der Waals surface area contributed by atoms with Crippen molar-refractivity contribution in [3.8, 4) is 0 Å². The molecule has 1 heterocycles. The van der Waals surface area contributed by atoms with E-state index in [1.807, 2.05) is 26.9 Å². The first-order chi connectivity index (χ1) is 8.20. The molecule has 0 unspecified atom stereocenters.